The molecule has 1 amide bonds. The molecule has 0 radical (unpaired) electrons. The summed E-state index contributed by atoms with van der Waals surface area (Å²) in [6.07, 6.45) is 5.88. The number of ether oxygens (including phenoxy) is 1. The van der Waals surface area contributed by atoms with Crippen molar-refractivity contribution in [3.63, 3.8) is 0 Å². The molecule has 1 aliphatic carbocycles. The van der Waals surface area contributed by atoms with Crippen LogP contribution in [0.5, 0.6) is 5.75 Å². The fourth-order valence-corrected chi connectivity index (χ4v) is 3.09. The van der Waals surface area contributed by atoms with E-state index in [2.05, 4.69) is 5.32 Å². The predicted molar refractivity (Wildman–Crippen MR) is 88.9 cm³/mol. The molecule has 0 spiro atoms. The number of hydrogen-bond acceptors (Lipinski definition) is 3. The van der Waals surface area contributed by atoms with Crippen LogP contribution in [0.4, 0.5) is 0 Å². The Kier molecular flexibility index (Phi) is 6.72. The molecular formula is C18H28N2O2. The molecule has 2 atom stereocenters. The number of amides is 1. The number of carbonyl (C=O) groups excluding carboxylic acids is 1. The van der Waals surface area contributed by atoms with Gasteiger partial charge in [0.2, 0.25) is 5.91 Å². The summed E-state index contributed by atoms with van der Waals surface area (Å²) in [5.41, 5.74) is 6.92. The lowest BCUT2D eigenvalue weighted by Gasteiger charge is -2.31. The number of benzene rings is 1. The van der Waals surface area contributed by atoms with Crippen LogP contribution in [0.15, 0.2) is 24.3 Å². The molecule has 0 aromatic heterocycles. The van der Waals surface area contributed by atoms with Crippen molar-refractivity contribution >= 4 is 5.91 Å². The molecule has 4 nitrogen and oxygen atoms in total. The van der Waals surface area contributed by atoms with E-state index in [9.17, 15) is 4.79 Å². The topological polar surface area (TPSA) is 64.3 Å². The van der Waals surface area contributed by atoms with Crippen LogP contribution in [0.1, 0.15) is 44.1 Å². The second kappa shape index (κ2) is 8.79. The molecule has 1 aromatic carbocycles. The minimum absolute atomic E-state index is 0.124. The molecule has 1 fully saturated rings. The van der Waals surface area contributed by atoms with E-state index >= 15 is 0 Å². The second-order valence-corrected chi connectivity index (χ2v) is 6.17. The molecule has 1 aromatic rings. The Morgan fingerprint density at radius 2 is 2.09 bits per heavy atom. The van der Waals surface area contributed by atoms with Crippen LogP contribution in [0.2, 0.25) is 0 Å². The van der Waals surface area contributed by atoms with E-state index < -0.39 is 0 Å². The maximum absolute atomic E-state index is 12.0. The van der Waals surface area contributed by atoms with Crippen molar-refractivity contribution in [2.75, 3.05) is 13.2 Å². The van der Waals surface area contributed by atoms with E-state index in [0.29, 0.717) is 25.5 Å². The van der Waals surface area contributed by atoms with E-state index in [-0.39, 0.29) is 11.9 Å². The molecule has 3 N–H and O–H groups in total. The lowest BCUT2D eigenvalue weighted by molar-refractivity contribution is -0.122. The number of nitrogens with two attached hydrogens (primary N) is 1. The van der Waals surface area contributed by atoms with Gasteiger partial charge in [0.05, 0.1) is 6.61 Å². The number of rotatable bonds is 7. The number of nitrogens with one attached hydrogen (secondary N) is 1. The first-order chi connectivity index (χ1) is 10.7. The van der Waals surface area contributed by atoms with Gasteiger partial charge in [-0.3, -0.25) is 4.79 Å². The maximum Gasteiger partial charge on any atom is 0.220 e. The van der Waals surface area contributed by atoms with Crippen LogP contribution in [0.25, 0.3) is 0 Å². The third kappa shape index (κ3) is 5.02. The van der Waals surface area contributed by atoms with Crippen molar-refractivity contribution in [3.8, 4) is 5.75 Å². The molecule has 0 saturated heterocycles. The van der Waals surface area contributed by atoms with Crippen LogP contribution in [-0.4, -0.2) is 25.1 Å². The third-order valence-electron chi connectivity index (χ3n) is 4.46. The molecule has 2 unspecified atom stereocenters. The summed E-state index contributed by atoms with van der Waals surface area (Å²) < 4.78 is 5.72. The highest BCUT2D eigenvalue weighted by atomic mass is 16.5. The number of aryl methyl sites for hydroxylation is 1. The van der Waals surface area contributed by atoms with Gasteiger partial charge in [0, 0.05) is 12.5 Å². The van der Waals surface area contributed by atoms with Crippen molar-refractivity contribution in [2.45, 2.75) is 51.5 Å². The molecule has 1 saturated carbocycles. The fourth-order valence-electron chi connectivity index (χ4n) is 3.09. The maximum atomic E-state index is 12.0. The highest BCUT2D eigenvalue weighted by molar-refractivity contribution is 5.76. The zero-order chi connectivity index (χ0) is 15.8. The summed E-state index contributed by atoms with van der Waals surface area (Å²) in [4.78, 5) is 12.0. The SMILES string of the molecule is Cc1ccccc1OCCCC(=O)NC1CCCCC1CN. The zero-order valence-electron chi connectivity index (χ0n) is 13.5. The second-order valence-electron chi connectivity index (χ2n) is 6.17. The Hall–Kier alpha value is -1.55. The molecule has 0 aliphatic heterocycles. The van der Waals surface area contributed by atoms with Crippen LogP contribution in [0.3, 0.4) is 0 Å². The van der Waals surface area contributed by atoms with E-state index in [1.807, 2.05) is 31.2 Å². The first-order valence-electron chi connectivity index (χ1n) is 8.38. The van der Waals surface area contributed by atoms with Crippen molar-refractivity contribution in [2.24, 2.45) is 11.7 Å². The van der Waals surface area contributed by atoms with Crippen molar-refractivity contribution in [1.29, 1.82) is 0 Å². The minimum Gasteiger partial charge on any atom is -0.493 e. The Morgan fingerprint density at radius 1 is 1.32 bits per heavy atom. The molecule has 4 heteroatoms. The van der Waals surface area contributed by atoms with Crippen LogP contribution < -0.4 is 15.8 Å². The van der Waals surface area contributed by atoms with Gasteiger partial charge in [-0.2, -0.15) is 0 Å². The highest BCUT2D eigenvalue weighted by Crippen LogP contribution is 2.23. The van der Waals surface area contributed by atoms with Gasteiger partial charge in [-0.05, 0) is 50.3 Å². The number of carbonyl (C=O) groups is 1. The normalized spacial score (nSPS) is 21.4. The average molecular weight is 304 g/mol. The first-order valence-corrected chi connectivity index (χ1v) is 8.38. The lowest BCUT2D eigenvalue weighted by Crippen LogP contribution is -2.44. The Balaban J connectivity index is 1.66. The summed E-state index contributed by atoms with van der Waals surface area (Å²) in [5.74, 6) is 1.47. The molecular weight excluding hydrogens is 276 g/mol. The summed E-state index contributed by atoms with van der Waals surface area (Å²) in [6.45, 7) is 3.27. The monoisotopic (exact) mass is 304 g/mol. The first kappa shape index (κ1) is 16.8. The largest absolute Gasteiger partial charge is 0.493 e. The molecule has 0 bridgehead atoms. The molecule has 0 heterocycles. The molecule has 22 heavy (non-hydrogen) atoms. The quantitative estimate of drug-likeness (QED) is 0.761. The van der Waals surface area contributed by atoms with Crippen LogP contribution in [-0.2, 0) is 4.79 Å². The molecule has 122 valence electrons. The number of para-hydroxylation sites is 1. The van der Waals surface area contributed by atoms with Gasteiger partial charge < -0.3 is 15.8 Å². The Labute approximate surface area is 133 Å². The Morgan fingerprint density at radius 3 is 2.86 bits per heavy atom. The predicted octanol–water partition coefficient (Wildman–Crippen LogP) is 2.79. The summed E-state index contributed by atoms with van der Waals surface area (Å²) in [7, 11) is 0. The van der Waals surface area contributed by atoms with Gasteiger partial charge in [0.1, 0.15) is 5.75 Å². The fraction of sp³-hybridized carbons (Fsp3) is 0.611. The van der Waals surface area contributed by atoms with Gasteiger partial charge >= 0.3 is 0 Å². The van der Waals surface area contributed by atoms with Crippen molar-refractivity contribution in [1.82, 2.24) is 5.32 Å². The number of hydrogen-bond donors (Lipinski definition) is 2. The minimum atomic E-state index is 0.124. The highest BCUT2D eigenvalue weighted by Gasteiger charge is 2.24. The van der Waals surface area contributed by atoms with Crippen molar-refractivity contribution < 1.29 is 9.53 Å². The summed E-state index contributed by atoms with van der Waals surface area (Å²) in [5, 5.41) is 3.16. The van der Waals surface area contributed by atoms with E-state index in [1.165, 1.54) is 12.8 Å². The molecule has 1 aliphatic rings. The van der Waals surface area contributed by atoms with Gasteiger partial charge in [-0.25, -0.2) is 0 Å². The third-order valence-corrected chi connectivity index (χ3v) is 4.46. The summed E-state index contributed by atoms with van der Waals surface area (Å²) in [6, 6.07) is 8.21. The average Bonchev–Trinajstić information content (AvgIpc) is 2.53. The van der Waals surface area contributed by atoms with Gasteiger partial charge in [-0.1, -0.05) is 31.0 Å². The van der Waals surface area contributed by atoms with Crippen LogP contribution in [0, 0.1) is 12.8 Å². The smallest absolute Gasteiger partial charge is 0.220 e. The van der Waals surface area contributed by atoms with Gasteiger partial charge in [0.25, 0.3) is 0 Å². The van der Waals surface area contributed by atoms with Gasteiger partial charge in [-0.15, -0.1) is 0 Å². The van der Waals surface area contributed by atoms with Crippen molar-refractivity contribution in [3.05, 3.63) is 29.8 Å². The van der Waals surface area contributed by atoms with Gasteiger partial charge in [0.15, 0.2) is 0 Å². The summed E-state index contributed by atoms with van der Waals surface area (Å²) >= 11 is 0. The lowest BCUT2D eigenvalue weighted by atomic mass is 9.84. The molecule has 2 rings (SSSR count). The standard InChI is InChI=1S/C18H28N2O2/c1-14-7-2-5-10-17(14)22-12-6-11-18(21)20-16-9-4-3-8-15(16)13-19/h2,5,7,10,15-16H,3-4,6,8-9,11-13,19H2,1H3,(H,20,21). The van der Waals surface area contributed by atoms with Crippen LogP contribution >= 0.6 is 0 Å². The zero-order valence-corrected chi connectivity index (χ0v) is 13.5. The van der Waals surface area contributed by atoms with E-state index in [4.69, 9.17) is 10.5 Å². The van der Waals surface area contributed by atoms with E-state index in [0.717, 1.165) is 30.6 Å². The Bertz CT molecular complexity index is 476. The van der Waals surface area contributed by atoms with E-state index in [1.54, 1.807) is 0 Å².